The molecule has 1 aromatic carbocycles. The molecule has 0 spiro atoms. The summed E-state index contributed by atoms with van der Waals surface area (Å²) in [4.78, 5) is 7.14. The smallest absolute Gasteiger partial charge is 0.122 e. The van der Waals surface area contributed by atoms with Gasteiger partial charge in [-0.05, 0) is 17.5 Å². The molecule has 2 aromatic rings. The molecular weight excluding hydrogens is 154 g/mol. The van der Waals surface area contributed by atoms with Gasteiger partial charge in [-0.15, -0.1) is 0 Å². The van der Waals surface area contributed by atoms with Crippen LogP contribution in [0.25, 0.3) is 10.9 Å². The van der Waals surface area contributed by atoms with Gasteiger partial charge >= 0.3 is 0 Å². The van der Waals surface area contributed by atoms with Crippen LogP contribution in [0.15, 0.2) is 30.3 Å². The Morgan fingerprint density at radius 1 is 1.33 bits per heavy atom. The summed E-state index contributed by atoms with van der Waals surface area (Å²) in [6.45, 7) is 0.203. The third-order valence-electron chi connectivity index (χ3n) is 1.81. The van der Waals surface area contributed by atoms with Crippen molar-refractivity contribution in [3.8, 4) is 0 Å². The van der Waals surface area contributed by atoms with Crippen molar-refractivity contribution < 1.29 is 10.1 Å². The predicted molar refractivity (Wildman–Crippen MR) is 45.7 cm³/mol. The van der Waals surface area contributed by atoms with Crippen molar-refractivity contribution in [3.63, 3.8) is 0 Å². The van der Waals surface area contributed by atoms with Crippen molar-refractivity contribution in [2.45, 2.75) is 6.61 Å². The Balaban J connectivity index is 2.47. The summed E-state index contributed by atoms with van der Waals surface area (Å²) in [5.41, 5.74) is 1.93. The molecule has 0 bridgehead atoms. The number of hydrogen-bond acceptors (Lipinski definition) is 2. The number of para-hydroxylation sites is 1. The zero-order valence-corrected chi connectivity index (χ0v) is 6.45. The molecule has 0 saturated heterocycles. The van der Waals surface area contributed by atoms with Crippen molar-refractivity contribution in [1.82, 2.24) is 4.98 Å². The molecule has 0 amide bonds. The highest BCUT2D eigenvalue weighted by Gasteiger charge is 1.98. The topological polar surface area (TPSA) is 45.2 Å². The molecule has 2 rings (SSSR count). The first-order valence-corrected chi connectivity index (χ1v) is 3.73. The molecule has 0 aliphatic rings. The van der Waals surface area contributed by atoms with Crippen LogP contribution in [-0.4, -0.2) is 10.2 Å². The van der Waals surface area contributed by atoms with E-state index in [9.17, 15) is 0 Å². The zero-order chi connectivity index (χ0) is 8.39. The average molecular weight is 163 g/mol. The van der Waals surface area contributed by atoms with Gasteiger partial charge < -0.3 is 4.98 Å². The van der Waals surface area contributed by atoms with Crippen LogP contribution in [0.5, 0.6) is 0 Å². The van der Waals surface area contributed by atoms with Crippen LogP contribution in [0, 0.1) is 0 Å². The van der Waals surface area contributed by atoms with E-state index < -0.39 is 0 Å². The average Bonchev–Trinajstić information content (AvgIpc) is 2.47. The van der Waals surface area contributed by atoms with Crippen molar-refractivity contribution in [2.24, 2.45) is 0 Å². The first-order valence-electron chi connectivity index (χ1n) is 3.73. The molecular formula is C9H9NO2. The van der Waals surface area contributed by atoms with Gasteiger partial charge in [0.15, 0.2) is 0 Å². The molecule has 62 valence electrons. The van der Waals surface area contributed by atoms with Crippen molar-refractivity contribution in [3.05, 3.63) is 36.0 Å². The highest BCUT2D eigenvalue weighted by molar-refractivity contribution is 5.80. The Morgan fingerprint density at radius 2 is 2.17 bits per heavy atom. The number of benzene rings is 1. The summed E-state index contributed by atoms with van der Waals surface area (Å²) in [6.07, 6.45) is 0. The number of H-pyrrole nitrogens is 1. The molecule has 0 saturated carbocycles. The summed E-state index contributed by atoms with van der Waals surface area (Å²) in [5, 5.41) is 9.35. The van der Waals surface area contributed by atoms with Crippen LogP contribution in [0.4, 0.5) is 0 Å². The van der Waals surface area contributed by atoms with Crippen LogP contribution in [0.1, 0.15) is 5.69 Å². The second-order valence-electron chi connectivity index (χ2n) is 2.66. The third-order valence-corrected chi connectivity index (χ3v) is 1.81. The summed E-state index contributed by atoms with van der Waals surface area (Å²) in [7, 11) is 0. The Bertz CT molecular complexity index is 348. The van der Waals surface area contributed by atoms with Crippen molar-refractivity contribution in [2.75, 3.05) is 0 Å². The number of hydrogen-bond donors (Lipinski definition) is 2. The van der Waals surface area contributed by atoms with Gasteiger partial charge in [0, 0.05) is 11.2 Å². The van der Waals surface area contributed by atoms with Crippen LogP contribution in [0.3, 0.4) is 0 Å². The summed E-state index contributed by atoms with van der Waals surface area (Å²) in [6, 6.07) is 9.87. The van der Waals surface area contributed by atoms with Gasteiger partial charge in [0.2, 0.25) is 0 Å². The highest BCUT2D eigenvalue weighted by Crippen LogP contribution is 2.14. The molecule has 0 unspecified atom stereocenters. The molecule has 0 fully saturated rings. The number of rotatable bonds is 2. The molecule has 1 heterocycles. The summed E-state index contributed by atoms with van der Waals surface area (Å²) >= 11 is 0. The zero-order valence-electron chi connectivity index (χ0n) is 6.45. The second kappa shape index (κ2) is 2.97. The number of fused-ring (bicyclic) bond motifs is 1. The lowest BCUT2D eigenvalue weighted by atomic mass is 10.2. The number of aromatic amines is 1. The van der Waals surface area contributed by atoms with Crippen LogP contribution < -0.4 is 0 Å². The van der Waals surface area contributed by atoms with Gasteiger partial charge in [-0.3, -0.25) is 5.26 Å². The minimum Gasteiger partial charge on any atom is -0.356 e. The van der Waals surface area contributed by atoms with E-state index >= 15 is 0 Å². The Labute approximate surface area is 69.5 Å². The molecule has 2 N–H and O–H groups in total. The maximum Gasteiger partial charge on any atom is 0.122 e. The van der Waals surface area contributed by atoms with Gasteiger partial charge in [0.25, 0.3) is 0 Å². The van der Waals surface area contributed by atoms with E-state index in [4.69, 9.17) is 5.26 Å². The fourth-order valence-electron chi connectivity index (χ4n) is 1.28. The van der Waals surface area contributed by atoms with Gasteiger partial charge in [-0.1, -0.05) is 18.2 Å². The van der Waals surface area contributed by atoms with Gasteiger partial charge in [-0.2, -0.15) is 0 Å². The molecule has 1 aromatic heterocycles. The Morgan fingerprint density at radius 3 is 2.92 bits per heavy atom. The lowest BCUT2D eigenvalue weighted by Gasteiger charge is -1.89. The van der Waals surface area contributed by atoms with Crippen molar-refractivity contribution in [1.29, 1.82) is 0 Å². The normalized spacial score (nSPS) is 10.8. The third kappa shape index (κ3) is 1.20. The van der Waals surface area contributed by atoms with Crippen molar-refractivity contribution >= 4 is 10.9 Å². The molecule has 0 radical (unpaired) electrons. The monoisotopic (exact) mass is 163 g/mol. The fraction of sp³-hybridized carbons (Fsp3) is 0.111. The van der Waals surface area contributed by atoms with Gasteiger partial charge in [-0.25, -0.2) is 4.89 Å². The first kappa shape index (κ1) is 7.34. The largest absolute Gasteiger partial charge is 0.356 e. The van der Waals surface area contributed by atoms with E-state index in [1.54, 1.807) is 0 Å². The molecule has 0 aliphatic heterocycles. The SMILES string of the molecule is OOCc1cc2ccccc2[nH]1. The van der Waals surface area contributed by atoms with Gasteiger partial charge in [0.1, 0.15) is 6.61 Å². The van der Waals surface area contributed by atoms with Crippen LogP contribution in [0.2, 0.25) is 0 Å². The lowest BCUT2D eigenvalue weighted by molar-refractivity contribution is -0.253. The molecule has 0 aliphatic carbocycles. The fourth-order valence-corrected chi connectivity index (χ4v) is 1.28. The summed E-state index contributed by atoms with van der Waals surface area (Å²) < 4.78 is 0. The highest BCUT2D eigenvalue weighted by atomic mass is 17.1. The minimum absolute atomic E-state index is 0.203. The van der Waals surface area contributed by atoms with Crippen LogP contribution >= 0.6 is 0 Å². The maximum absolute atomic E-state index is 8.22. The molecule has 3 heteroatoms. The lowest BCUT2D eigenvalue weighted by Crippen LogP contribution is -1.85. The summed E-state index contributed by atoms with van der Waals surface area (Å²) in [5.74, 6) is 0. The Kier molecular flexibility index (Phi) is 1.81. The molecule has 0 atom stereocenters. The van der Waals surface area contributed by atoms with E-state index in [2.05, 4.69) is 9.87 Å². The predicted octanol–water partition coefficient (Wildman–Crippen LogP) is 2.16. The second-order valence-corrected chi connectivity index (χ2v) is 2.66. The number of aromatic nitrogens is 1. The molecule has 12 heavy (non-hydrogen) atoms. The number of nitrogens with one attached hydrogen (secondary N) is 1. The van der Waals surface area contributed by atoms with E-state index in [1.165, 1.54) is 0 Å². The Hall–Kier alpha value is -1.32. The quantitative estimate of drug-likeness (QED) is 0.526. The standard InChI is InChI=1S/C9H9NO2/c11-12-6-8-5-7-3-1-2-4-9(7)10-8/h1-5,10-11H,6H2. The van der Waals surface area contributed by atoms with E-state index in [0.717, 1.165) is 16.6 Å². The first-order chi connectivity index (χ1) is 5.90. The van der Waals surface area contributed by atoms with E-state index in [-0.39, 0.29) is 6.61 Å². The maximum atomic E-state index is 8.22. The van der Waals surface area contributed by atoms with E-state index in [1.807, 2.05) is 30.3 Å². The van der Waals surface area contributed by atoms with Crippen LogP contribution in [-0.2, 0) is 11.5 Å². The van der Waals surface area contributed by atoms with Gasteiger partial charge in [0.05, 0.1) is 0 Å². The minimum atomic E-state index is 0.203. The van der Waals surface area contributed by atoms with E-state index in [0.29, 0.717) is 0 Å². The molecule has 3 nitrogen and oxygen atoms in total.